The average Bonchev–Trinajstić information content (AvgIpc) is 3.05. The summed E-state index contributed by atoms with van der Waals surface area (Å²) in [5.41, 5.74) is 0.939. The van der Waals surface area contributed by atoms with Crippen LogP contribution in [0.15, 0.2) is 70.3 Å². The van der Waals surface area contributed by atoms with Gasteiger partial charge in [-0.05, 0) is 30.7 Å². The number of benzene rings is 2. The highest BCUT2D eigenvalue weighted by Crippen LogP contribution is 2.23. The minimum absolute atomic E-state index is 0.559. The second-order valence-electron chi connectivity index (χ2n) is 4.60. The lowest BCUT2D eigenvalue weighted by molar-refractivity contribution is 0.318. The second kappa shape index (κ2) is 7.66. The lowest BCUT2D eigenvalue weighted by Crippen LogP contribution is -1.98. The molecule has 0 bridgehead atoms. The smallest absolute Gasteiger partial charge is 0.276 e. The number of ether oxygens (including phenoxy) is 1. The van der Waals surface area contributed by atoms with Crippen molar-refractivity contribution >= 4 is 11.8 Å². The van der Waals surface area contributed by atoms with Gasteiger partial charge in [-0.15, -0.1) is 10.2 Å². The molecule has 0 radical (unpaired) electrons. The molecule has 1 heterocycles. The van der Waals surface area contributed by atoms with Gasteiger partial charge in [0.15, 0.2) is 0 Å². The van der Waals surface area contributed by atoms with Gasteiger partial charge in [0.1, 0.15) is 5.75 Å². The molecule has 2 aromatic carbocycles. The lowest BCUT2D eigenvalue weighted by atomic mass is 10.2. The van der Waals surface area contributed by atoms with Crippen molar-refractivity contribution in [1.82, 2.24) is 10.2 Å². The molecule has 0 N–H and O–H groups in total. The van der Waals surface area contributed by atoms with Crippen molar-refractivity contribution < 1.29 is 9.15 Å². The largest absolute Gasteiger partial charge is 0.494 e. The maximum Gasteiger partial charge on any atom is 0.276 e. The number of hydrogen-bond donors (Lipinski definition) is 0. The molecule has 3 aromatic rings. The summed E-state index contributed by atoms with van der Waals surface area (Å²) in [4.78, 5) is 0. The van der Waals surface area contributed by atoms with E-state index in [0.717, 1.165) is 23.5 Å². The first-order valence-electron chi connectivity index (χ1n) is 7.11. The van der Waals surface area contributed by atoms with E-state index < -0.39 is 0 Å². The van der Waals surface area contributed by atoms with Crippen molar-refractivity contribution in [3.05, 3.63) is 60.7 Å². The van der Waals surface area contributed by atoms with Crippen molar-refractivity contribution in [3.63, 3.8) is 0 Å². The number of aromatic nitrogens is 2. The summed E-state index contributed by atoms with van der Waals surface area (Å²) in [6.07, 6.45) is 0.919. The fourth-order valence-electron chi connectivity index (χ4n) is 1.89. The first-order chi connectivity index (χ1) is 10.9. The highest BCUT2D eigenvalue weighted by atomic mass is 32.2. The van der Waals surface area contributed by atoms with Crippen LogP contribution in [0.4, 0.5) is 0 Å². The van der Waals surface area contributed by atoms with E-state index in [1.54, 1.807) is 11.8 Å². The predicted molar refractivity (Wildman–Crippen MR) is 87.0 cm³/mol. The van der Waals surface area contributed by atoms with E-state index in [-0.39, 0.29) is 0 Å². The Labute approximate surface area is 133 Å². The molecule has 22 heavy (non-hydrogen) atoms. The summed E-state index contributed by atoms with van der Waals surface area (Å²) in [6.45, 7) is 0.677. The Morgan fingerprint density at radius 3 is 2.41 bits per heavy atom. The van der Waals surface area contributed by atoms with Crippen molar-refractivity contribution in [1.29, 1.82) is 0 Å². The van der Waals surface area contributed by atoms with E-state index in [4.69, 9.17) is 9.15 Å². The van der Waals surface area contributed by atoms with Crippen LogP contribution in [0.2, 0.25) is 0 Å². The zero-order valence-corrected chi connectivity index (χ0v) is 12.8. The summed E-state index contributed by atoms with van der Waals surface area (Å²) in [7, 11) is 0. The molecule has 1 aromatic heterocycles. The Morgan fingerprint density at radius 2 is 1.64 bits per heavy atom. The summed E-state index contributed by atoms with van der Waals surface area (Å²) >= 11 is 1.55. The topological polar surface area (TPSA) is 48.2 Å². The highest BCUT2D eigenvalue weighted by molar-refractivity contribution is 7.99. The van der Waals surface area contributed by atoms with Crippen molar-refractivity contribution in [2.45, 2.75) is 11.6 Å². The Hall–Kier alpha value is -2.27. The van der Waals surface area contributed by atoms with Gasteiger partial charge < -0.3 is 9.15 Å². The maximum atomic E-state index is 5.64. The molecule has 0 aliphatic heterocycles. The molecular weight excluding hydrogens is 296 g/mol. The van der Waals surface area contributed by atoms with Gasteiger partial charge in [-0.2, -0.15) is 0 Å². The number of rotatable bonds is 7. The predicted octanol–water partition coefficient (Wildman–Crippen LogP) is 4.30. The normalized spacial score (nSPS) is 10.5. The standard InChI is InChI=1S/C17H16N2O2S/c1-3-8-14(9-4-1)16-18-19-17(21-16)22-13-7-12-20-15-10-5-2-6-11-15/h1-6,8-11H,7,12-13H2. The summed E-state index contributed by atoms with van der Waals surface area (Å²) < 4.78 is 11.3. The molecule has 0 saturated carbocycles. The third-order valence-electron chi connectivity index (χ3n) is 2.95. The summed E-state index contributed by atoms with van der Waals surface area (Å²) in [5, 5.41) is 8.71. The van der Waals surface area contributed by atoms with Crippen LogP contribution in [0, 0.1) is 0 Å². The molecule has 5 heteroatoms. The molecule has 0 saturated heterocycles. The monoisotopic (exact) mass is 312 g/mol. The van der Waals surface area contributed by atoms with Gasteiger partial charge in [-0.1, -0.05) is 48.2 Å². The number of para-hydroxylation sites is 1. The van der Waals surface area contributed by atoms with Crippen LogP contribution >= 0.6 is 11.8 Å². The molecule has 0 aliphatic carbocycles. The van der Waals surface area contributed by atoms with Gasteiger partial charge in [0.2, 0.25) is 5.89 Å². The van der Waals surface area contributed by atoms with Gasteiger partial charge in [-0.3, -0.25) is 0 Å². The SMILES string of the molecule is c1ccc(OCCCSc2nnc(-c3ccccc3)o2)cc1. The second-order valence-corrected chi connectivity index (χ2v) is 5.65. The maximum absolute atomic E-state index is 5.64. The van der Waals surface area contributed by atoms with Crippen molar-refractivity contribution in [3.8, 4) is 17.2 Å². The first-order valence-corrected chi connectivity index (χ1v) is 8.10. The average molecular weight is 312 g/mol. The van der Waals surface area contributed by atoms with E-state index in [9.17, 15) is 0 Å². The third kappa shape index (κ3) is 4.11. The lowest BCUT2D eigenvalue weighted by Gasteiger charge is -2.04. The molecule has 0 atom stereocenters. The molecule has 4 nitrogen and oxygen atoms in total. The molecule has 0 aliphatic rings. The van der Waals surface area contributed by atoms with Crippen LogP contribution in [0.1, 0.15) is 6.42 Å². The highest BCUT2D eigenvalue weighted by Gasteiger charge is 2.08. The summed E-state index contributed by atoms with van der Waals surface area (Å²) in [6, 6.07) is 19.6. The van der Waals surface area contributed by atoms with Gasteiger partial charge in [0, 0.05) is 11.3 Å². The van der Waals surface area contributed by atoms with Crippen LogP contribution in [0.25, 0.3) is 11.5 Å². The van der Waals surface area contributed by atoms with Crippen LogP contribution in [-0.4, -0.2) is 22.6 Å². The first kappa shape index (κ1) is 14.7. The molecule has 0 unspecified atom stereocenters. The molecular formula is C17H16N2O2S. The van der Waals surface area contributed by atoms with Crippen LogP contribution in [0.5, 0.6) is 5.75 Å². The molecule has 3 rings (SSSR count). The molecule has 0 fully saturated rings. The zero-order chi connectivity index (χ0) is 15.0. The van der Waals surface area contributed by atoms with Crippen LogP contribution in [0.3, 0.4) is 0 Å². The number of thioether (sulfide) groups is 1. The van der Waals surface area contributed by atoms with Gasteiger partial charge in [0.25, 0.3) is 5.22 Å². The van der Waals surface area contributed by atoms with Gasteiger partial charge in [0.05, 0.1) is 6.61 Å². The summed E-state index contributed by atoms with van der Waals surface area (Å²) in [5.74, 6) is 2.34. The molecule has 0 amide bonds. The quantitative estimate of drug-likeness (QED) is 0.481. The van der Waals surface area contributed by atoms with Gasteiger partial charge in [-0.25, -0.2) is 0 Å². The van der Waals surface area contributed by atoms with E-state index >= 15 is 0 Å². The van der Waals surface area contributed by atoms with E-state index in [1.807, 2.05) is 60.7 Å². The van der Waals surface area contributed by atoms with Crippen molar-refractivity contribution in [2.75, 3.05) is 12.4 Å². The third-order valence-corrected chi connectivity index (χ3v) is 3.86. The molecule has 112 valence electrons. The Morgan fingerprint density at radius 1 is 0.909 bits per heavy atom. The minimum Gasteiger partial charge on any atom is -0.494 e. The fraction of sp³-hybridized carbons (Fsp3) is 0.176. The fourth-order valence-corrected chi connectivity index (χ4v) is 2.56. The number of hydrogen-bond acceptors (Lipinski definition) is 5. The van der Waals surface area contributed by atoms with E-state index in [0.29, 0.717) is 17.7 Å². The zero-order valence-electron chi connectivity index (χ0n) is 12.0. The van der Waals surface area contributed by atoms with E-state index in [1.165, 1.54) is 0 Å². The van der Waals surface area contributed by atoms with Gasteiger partial charge >= 0.3 is 0 Å². The van der Waals surface area contributed by atoms with Crippen molar-refractivity contribution in [2.24, 2.45) is 0 Å². The Bertz CT molecular complexity index is 686. The number of nitrogens with zero attached hydrogens (tertiary/aromatic N) is 2. The minimum atomic E-state index is 0.559. The molecule has 0 spiro atoms. The Kier molecular flexibility index (Phi) is 5.10. The van der Waals surface area contributed by atoms with E-state index in [2.05, 4.69) is 10.2 Å². The van der Waals surface area contributed by atoms with Crippen LogP contribution in [-0.2, 0) is 0 Å². The Balaban J connectivity index is 1.42. The van der Waals surface area contributed by atoms with Crippen LogP contribution < -0.4 is 4.74 Å².